The first-order valence-corrected chi connectivity index (χ1v) is 9.07. The number of ether oxygens (including phenoxy) is 1. The van der Waals surface area contributed by atoms with Crippen LogP contribution in [0.5, 0.6) is 5.75 Å². The molecule has 2 aromatic rings. The Balaban J connectivity index is 1.75. The molecule has 0 heterocycles. The van der Waals surface area contributed by atoms with E-state index in [0.29, 0.717) is 5.75 Å². The summed E-state index contributed by atoms with van der Waals surface area (Å²) < 4.78 is 6.30. The number of hydrogen-bond donors (Lipinski definition) is 3. The molecule has 0 spiro atoms. The third-order valence-electron chi connectivity index (χ3n) is 3.33. The molecule has 1 unspecified atom stereocenters. The number of carbonyl (C=O) groups excluding carboxylic acids is 3. The predicted molar refractivity (Wildman–Crippen MR) is 104 cm³/mol. The van der Waals surface area contributed by atoms with Gasteiger partial charge in [0.05, 0.1) is 17.1 Å². The van der Waals surface area contributed by atoms with Crippen LogP contribution in [0.1, 0.15) is 17.3 Å². The van der Waals surface area contributed by atoms with E-state index < -0.39 is 23.8 Å². The van der Waals surface area contributed by atoms with Gasteiger partial charge in [-0.25, -0.2) is 0 Å². The van der Waals surface area contributed by atoms with E-state index in [4.69, 9.17) is 16.3 Å². The van der Waals surface area contributed by atoms with Crippen molar-refractivity contribution in [3.8, 4) is 5.75 Å². The lowest BCUT2D eigenvalue weighted by molar-refractivity contribution is -0.132. The summed E-state index contributed by atoms with van der Waals surface area (Å²) in [6.45, 7) is 1.22. The van der Waals surface area contributed by atoms with Crippen molar-refractivity contribution in [2.24, 2.45) is 0 Å². The van der Waals surface area contributed by atoms with Crippen LogP contribution in [-0.2, 0) is 9.59 Å². The minimum atomic E-state index is -0.836. The van der Waals surface area contributed by atoms with E-state index in [1.54, 1.807) is 43.3 Å². The van der Waals surface area contributed by atoms with Crippen LogP contribution < -0.4 is 20.9 Å². The first kappa shape index (κ1) is 20.7. The van der Waals surface area contributed by atoms with Gasteiger partial charge in [-0.1, -0.05) is 45.7 Å². The molecule has 2 rings (SSSR count). The quantitative estimate of drug-likeness (QED) is 0.584. The molecule has 9 heteroatoms. The van der Waals surface area contributed by atoms with E-state index in [9.17, 15) is 14.4 Å². The molecule has 0 saturated carbocycles. The van der Waals surface area contributed by atoms with Crippen molar-refractivity contribution in [1.29, 1.82) is 0 Å². The van der Waals surface area contributed by atoms with Crippen LogP contribution in [0.25, 0.3) is 0 Å². The van der Waals surface area contributed by atoms with Crippen molar-refractivity contribution in [2.45, 2.75) is 13.0 Å². The standard InChI is InChI=1S/C18H17BrClN3O4/c1-11(27-13-6-4-5-12(19)9-13)17(25)23-22-16(24)10-21-18(26)14-7-2-3-8-15(14)20/h2-9,11H,10H2,1H3,(H,21,26)(H,22,24)(H,23,25). The highest BCUT2D eigenvalue weighted by Gasteiger charge is 2.16. The highest BCUT2D eigenvalue weighted by molar-refractivity contribution is 9.10. The average molecular weight is 455 g/mol. The Kier molecular flexibility index (Phi) is 7.63. The first-order chi connectivity index (χ1) is 12.9. The first-order valence-electron chi connectivity index (χ1n) is 7.90. The number of nitrogens with one attached hydrogen (secondary N) is 3. The van der Waals surface area contributed by atoms with Gasteiger partial charge < -0.3 is 10.1 Å². The maximum Gasteiger partial charge on any atom is 0.279 e. The van der Waals surface area contributed by atoms with E-state index >= 15 is 0 Å². The fourth-order valence-corrected chi connectivity index (χ4v) is 2.58. The van der Waals surface area contributed by atoms with Crippen molar-refractivity contribution in [3.63, 3.8) is 0 Å². The summed E-state index contributed by atoms with van der Waals surface area (Å²) in [6, 6.07) is 13.5. The Morgan fingerprint density at radius 2 is 1.85 bits per heavy atom. The van der Waals surface area contributed by atoms with Gasteiger partial charge >= 0.3 is 0 Å². The maximum absolute atomic E-state index is 12.0. The number of hydrazine groups is 1. The maximum atomic E-state index is 12.0. The third-order valence-corrected chi connectivity index (χ3v) is 4.15. The molecule has 0 aliphatic heterocycles. The third kappa shape index (κ3) is 6.58. The fraction of sp³-hybridized carbons (Fsp3) is 0.167. The number of hydrogen-bond acceptors (Lipinski definition) is 4. The van der Waals surface area contributed by atoms with Crippen LogP contribution >= 0.6 is 27.5 Å². The second-order valence-corrected chi connectivity index (χ2v) is 6.74. The minimum Gasteiger partial charge on any atom is -0.481 e. The van der Waals surface area contributed by atoms with Crippen molar-refractivity contribution >= 4 is 45.3 Å². The summed E-state index contributed by atoms with van der Waals surface area (Å²) in [5, 5.41) is 2.70. The summed E-state index contributed by atoms with van der Waals surface area (Å²) in [5.41, 5.74) is 4.70. The van der Waals surface area contributed by atoms with Crippen molar-refractivity contribution in [3.05, 3.63) is 63.6 Å². The smallest absolute Gasteiger partial charge is 0.279 e. The second kappa shape index (κ2) is 9.94. The Hall–Kier alpha value is -2.58. The van der Waals surface area contributed by atoms with Crippen LogP contribution in [0.3, 0.4) is 0 Å². The summed E-state index contributed by atoms with van der Waals surface area (Å²) in [4.78, 5) is 35.7. The Bertz CT molecular complexity index is 847. The van der Waals surface area contributed by atoms with Gasteiger partial charge in [0, 0.05) is 4.47 Å². The van der Waals surface area contributed by atoms with Crippen LogP contribution in [0.2, 0.25) is 5.02 Å². The van der Waals surface area contributed by atoms with Gasteiger partial charge in [-0.05, 0) is 37.3 Å². The monoisotopic (exact) mass is 453 g/mol. The van der Waals surface area contributed by atoms with Crippen LogP contribution in [0, 0.1) is 0 Å². The normalized spacial score (nSPS) is 11.2. The highest BCUT2D eigenvalue weighted by atomic mass is 79.9. The van der Waals surface area contributed by atoms with Gasteiger partial charge in [0.2, 0.25) is 0 Å². The van der Waals surface area contributed by atoms with E-state index in [-0.39, 0.29) is 17.1 Å². The summed E-state index contributed by atoms with van der Waals surface area (Å²) >= 11 is 9.22. The molecule has 0 bridgehead atoms. The summed E-state index contributed by atoms with van der Waals surface area (Å²) in [7, 11) is 0. The number of amides is 3. The molecule has 1 atom stereocenters. The van der Waals surface area contributed by atoms with Crippen LogP contribution in [0.4, 0.5) is 0 Å². The Morgan fingerprint density at radius 3 is 2.56 bits per heavy atom. The molecule has 0 aromatic heterocycles. The van der Waals surface area contributed by atoms with Crippen LogP contribution in [-0.4, -0.2) is 30.4 Å². The lowest BCUT2D eigenvalue weighted by Crippen LogP contribution is -2.50. The Morgan fingerprint density at radius 1 is 1.11 bits per heavy atom. The van der Waals surface area contributed by atoms with Gasteiger partial charge in [-0.15, -0.1) is 0 Å². The molecule has 0 aliphatic carbocycles. The molecule has 0 saturated heterocycles. The summed E-state index contributed by atoms with van der Waals surface area (Å²) in [5.74, 6) is -1.13. The molecule has 27 heavy (non-hydrogen) atoms. The molecule has 3 N–H and O–H groups in total. The SMILES string of the molecule is CC(Oc1cccc(Br)c1)C(=O)NNC(=O)CNC(=O)c1ccccc1Cl. The van der Waals surface area contributed by atoms with E-state index in [0.717, 1.165) is 4.47 Å². The molecular formula is C18H17BrClN3O4. The largest absolute Gasteiger partial charge is 0.481 e. The zero-order chi connectivity index (χ0) is 19.8. The molecule has 0 radical (unpaired) electrons. The molecule has 7 nitrogen and oxygen atoms in total. The van der Waals surface area contributed by atoms with Gasteiger partial charge in [-0.3, -0.25) is 25.2 Å². The lowest BCUT2D eigenvalue weighted by Gasteiger charge is -2.15. The van der Waals surface area contributed by atoms with Crippen molar-refractivity contribution in [1.82, 2.24) is 16.2 Å². The number of benzene rings is 2. The van der Waals surface area contributed by atoms with Gasteiger partial charge in [0.15, 0.2) is 6.10 Å². The summed E-state index contributed by atoms with van der Waals surface area (Å²) in [6.07, 6.45) is -0.836. The Labute approximate surface area is 169 Å². The minimum absolute atomic E-state index is 0.257. The molecule has 2 aromatic carbocycles. The van der Waals surface area contributed by atoms with E-state index in [1.807, 2.05) is 6.07 Å². The fourth-order valence-electron chi connectivity index (χ4n) is 1.98. The number of halogens is 2. The molecule has 142 valence electrons. The van der Waals surface area contributed by atoms with Crippen molar-refractivity contribution in [2.75, 3.05) is 6.54 Å². The van der Waals surface area contributed by atoms with Gasteiger partial charge in [-0.2, -0.15) is 0 Å². The van der Waals surface area contributed by atoms with Crippen LogP contribution in [0.15, 0.2) is 53.0 Å². The second-order valence-electron chi connectivity index (χ2n) is 5.42. The number of carbonyl (C=O) groups is 3. The highest BCUT2D eigenvalue weighted by Crippen LogP contribution is 2.18. The lowest BCUT2D eigenvalue weighted by atomic mass is 10.2. The predicted octanol–water partition coefficient (Wildman–Crippen LogP) is 2.45. The molecule has 0 fully saturated rings. The van der Waals surface area contributed by atoms with Crippen molar-refractivity contribution < 1.29 is 19.1 Å². The average Bonchev–Trinajstić information content (AvgIpc) is 2.64. The van der Waals surface area contributed by atoms with Gasteiger partial charge in [0.1, 0.15) is 5.75 Å². The zero-order valence-electron chi connectivity index (χ0n) is 14.3. The molecule has 3 amide bonds. The number of rotatable bonds is 6. The molecule has 0 aliphatic rings. The van der Waals surface area contributed by atoms with E-state index in [1.165, 1.54) is 6.07 Å². The van der Waals surface area contributed by atoms with E-state index in [2.05, 4.69) is 32.1 Å². The molecular weight excluding hydrogens is 438 g/mol. The zero-order valence-corrected chi connectivity index (χ0v) is 16.6. The topological polar surface area (TPSA) is 96.5 Å². The van der Waals surface area contributed by atoms with Gasteiger partial charge in [0.25, 0.3) is 17.7 Å².